The molecule has 4 heteroatoms. The van der Waals surface area contributed by atoms with Crippen molar-refractivity contribution in [3.8, 4) is 0 Å². The van der Waals surface area contributed by atoms with Crippen molar-refractivity contribution in [3.63, 3.8) is 0 Å². The molecule has 3 rings (SSSR count). The molecule has 2 aliphatic rings. The van der Waals surface area contributed by atoms with Crippen molar-refractivity contribution < 1.29 is 4.79 Å². The number of nitrogens with one attached hydrogen (secondary N) is 1. The van der Waals surface area contributed by atoms with Crippen LogP contribution in [0.2, 0.25) is 0 Å². The summed E-state index contributed by atoms with van der Waals surface area (Å²) in [6, 6.07) is 2.61. The van der Waals surface area contributed by atoms with Crippen LogP contribution in [0.25, 0.3) is 0 Å². The first-order valence-corrected chi connectivity index (χ1v) is 7.36. The lowest BCUT2D eigenvalue weighted by molar-refractivity contribution is -0.134. The van der Waals surface area contributed by atoms with E-state index in [4.69, 9.17) is 0 Å². The fraction of sp³-hybridized carbons (Fsp3) is 0.615. The van der Waals surface area contributed by atoms with Gasteiger partial charge in [0.05, 0.1) is 6.04 Å². The van der Waals surface area contributed by atoms with Gasteiger partial charge in [0.2, 0.25) is 5.91 Å². The smallest absolute Gasteiger partial charge is 0.241 e. The number of nitrogens with zero attached hydrogens (tertiary/aromatic N) is 1. The predicted octanol–water partition coefficient (Wildman–Crippen LogP) is 2.51. The average molecular weight is 250 g/mol. The van der Waals surface area contributed by atoms with Crippen LogP contribution < -0.4 is 5.32 Å². The van der Waals surface area contributed by atoms with Gasteiger partial charge >= 0.3 is 0 Å². The van der Waals surface area contributed by atoms with Crippen molar-refractivity contribution in [1.29, 1.82) is 0 Å². The van der Waals surface area contributed by atoms with Gasteiger partial charge < -0.3 is 4.90 Å². The topological polar surface area (TPSA) is 32.3 Å². The predicted molar refractivity (Wildman–Crippen MR) is 68.8 cm³/mol. The largest absolute Gasteiger partial charge is 0.319 e. The Morgan fingerprint density at radius 2 is 2.35 bits per heavy atom. The molecule has 0 radical (unpaired) electrons. The van der Waals surface area contributed by atoms with Gasteiger partial charge in [-0.3, -0.25) is 10.1 Å². The lowest BCUT2D eigenvalue weighted by atomic mass is 9.91. The highest BCUT2D eigenvalue weighted by atomic mass is 32.1. The molecule has 1 aliphatic heterocycles. The van der Waals surface area contributed by atoms with Crippen LogP contribution in [0.3, 0.4) is 0 Å². The van der Waals surface area contributed by atoms with E-state index in [0.29, 0.717) is 11.9 Å². The zero-order valence-corrected chi connectivity index (χ0v) is 10.9. The van der Waals surface area contributed by atoms with E-state index in [1.54, 1.807) is 11.3 Å². The Labute approximate surface area is 106 Å². The lowest BCUT2D eigenvalue weighted by Gasteiger charge is -2.38. The van der Waals surface area contributed by atoms with Crippen molar-refractivity contribution in [2.24, 2.45) is 0 Å². The molecule has 1 aliphatic carbocycles. The second-order valence-electron chi connectivity index (χ2n) is 4.92. The maximum absolute atomic E-state index is 12.3. The van der Waals surface area contributed by atoms with E-state index >= 15 is 0 Å². The molecule has 1 aromatic rings. The summed E-state index contributed by atoms with van der Waals surface area (Å²) < 4.78 is 0. The van der Waals surface area contributed by atoms with Gasteiger partial charge in [0, 0.05) is 6.04 Å². The van der Waals surface area contributed by atoms with Gasteiger partial charge in [-0.05, 0) is 48.1 Å². The van der Waals surface area contributed by atoms with Gasteiger partial charge in [0.25, 0.3) is 0 Å². The SMILES string of the molecule is CCC1NC(c2ccsc2)N(C2CCC2)C1=O. The van der Waals surface area contributed by atoms with E-state index < -0.39 is 0 Å². The first-order valence-electron chi connectivity index (χ1n) is 6.41. The van der Waals surface area contributed by atoms with Crippen LogP contribution in [0.15, 0.2) is 16.8 Å². The molecule has 2 unspecified atom stereocenters. The normalized spacial score (nSPS) is 29.7. The van der Waals surface area contributed by atoms with E-state index in [9.17, 15) is 4.79 Å². The summed E-state index contributed by atoms with van der Waals surface area (Å²) in [6.07, 6.45) is 4.60. The summed E-state index contributed by atoms with van der Waals surface area (Å²) in [5.74, 6) is 0.299. The second-order valence-corrected chi connectivity index (χ2v) is 5.70. The van der Waals surface area contributed by atoms with Crippen LogP contribution in [0.5, 0.6) is 0 Å². The van der Waals surface area contributed by atoms with E-state index in [1.807, 2.05) is 0 Å². The van der Waals surface area contributed by atoms with Gasteiger partial charge in [-0.25, -0.2) is 0 Å². The summed E-state index contributed by atoms with van der Waals surface area (Å²) >= 11 is 1.70. The maximum Gasteiger partial charge on any atom is 0.241 e. The molecule has 0 aromatic carbocycles. The van der Waals surface area contributed by atoms with Crippen LogP contribution in [0.4, 0.5) is 0 Å². The molecule has 0 spiro atoms. The average Bonchev–Trinajstić information content (AvgIpc) is 2.86. The molecular weight excluding hydrogens is 232 g/mol. The number of carbonyl (C=O) groups excluding carboxylic acids is 1. The molecule has 1 saturated carbocycles. The molecule has 1 amide bonds. The second kappa shape index (κ2) is 4.42. The summed E-state index contributed by atoms with van der Waals surface area (Å²) in [5, 5.41) is 7.71. The number of thiophene rings is 1. The lowest BCUT2D eigenvalue weighted by Crippen LogP contribution is -2.43. The Morgan fingerprint density at radius 3 is 2.88 bits per heavy atom. The number of carbonyl (C=O) groups is 1. The minimum atomic E-state index is 0.0144. The summed E-state index contributed by atoms with van der Waals surface area (Å²) in [4.78, 5) is 14.4. The summed E-state index contributed by atoms with van der Waals surface area (Å²) in [7, 11) is 0. The van der Waals surface area contributed by atoms with Gasteiger partial charge in [-0.1, -0.05) is 6.92 Å². The Kier molecular flexibility index (Phi) is 2.92. The molecular formula is C13H18N2OS. The highest BCUT2D eigenvalue weighted by molar-refractivity contribution is 7.07. The van der Waals surface area contributed by atoms with Crippen LogP contribution in [-0.4, -0.2) is 22.9 Å². The zero-order chi connectivity index (χ0) is 11.8. The minimum absolute atomic E-state index is 0.0144. The van der Waals surface area contributed by atoms with Crippen LogP contribution in [0, 0.1) is 0 Å². The van der Waals surface area contributed by atoms with Crippen molar-refractivity contribution in [2.45, 2.75) is 50.9 Å². The molecule has 92 valence electrons. The van der Waals surface area contributed by atoms with Crippen molar-refractivity contribution in [3.05, 3.63) is 22.4 Å². The molecule has 1 N–H and O–H groups in total. The number of amides is 1. The van der Waals surface area contributed by atoms with E-state index in [0.717, 1.165) is 6.42 Å². The first-order chi connectivity index (χ1) is 8.31. The summed E-state index contributed by atoms with van der Waals surface area (Å²) in [5.41, 5.74) is 1.24. The highest BCUT2D eigenvalue weighted by Gasteiger charge is 2.43. The third-order valence-corrected chi connectivity index (χ3v) is 4.63. The molecule has 2 fully saturated rings. The van der Waals surface area contributed by atoms with Crippen LogP contribution in [-0.2, 0) is 4.79 Å². The maximum atomic E-state index is 12.3. The third kappa shape index (κ3) is 1.79. The molecule has 17 heavy (non-hydrogen) atoms. The van der Waals surface area contributed by atoms with Crippen molar-refractivity contribution in [2.75, 3.05) is 0 Å². The Balaban J connectivity index is 1.87. The van der Waals surface area contributed by atoms with E-state index in [-0.39, 0.29) is 12.2 Å². The number of rotatable bonds is 3. The van der Waals surface area contributed by atoms with Crippen LogP contribution in [0.1, 0.15) is 44.3 Å². The monoisotopic (exact) mass is 250 g/mol. The quantitative estimate of drug-likeness (QED) is 0.894. The van der Waals surface area contributed by atoms with Gasteiger partial charge in [-0.2, -0.15) is 11.3 Å². The molecule has 3 nitrogen and oxygen atoms in total. The van der Waals surface area contributed by atoms with Crippen LogP contribution >= 0.6 is 11.3 Å². The van der Waals surface area contributed by atoms with E-state index in [2.05, 4.69) is 34.0 Å². The summed E-state index contributed by atoms with van der Waals surface area (Å²) in [6.45, 7) is 2.07. The molecule has 1 saturated heterocycles. The molecule has 2 heterocycles. The van der Waals surface area contributed by atoms with E-state index in [1.165, 1.54) is 24.8 Å². The van der Waals surface area contributed by atoms with Crippen molar-refractivity contribution >= 4 is 17.2 Å². The highest BCUT2D eigenvalue weighted by Crippen LogP contribution is 2.36. The Morgan fingerprint density at radius 1 is 1.53 bits per heavy atom. The molecule has 0 bridgehead atoms. The minimum Gasteiger partial charge on any atom is -0.319 e. The Bertz CT molecular complexity index is 400. The zero-order valence-electron chi connectivity index (χ0n) is 10.1. The Hall–Kier alpha value is -0.870. The number of hydrogen-bond acceptors (Lipinski definition) is 3. The standard InChI is InChI=1S/C13H18N2OS/c1-2-11-13(16)15(10-4-3-5-10)12(14-11)9-6-7-17-8-9/h6-8,10-12,14H,2-5H2,1H3. The fourth-order valence-corrected chi connectivity index (χ4v) is 3.36. The van der Waals surface area contributed by atoms with Crippen molar-refractivity contribution in [1.82, 2.24) is 10.2 Å². The van der Waals surface area contributed by atoms with Gasteiger partial charge in [0.15, 0.2) is 0 Å². The van der Waals surface area contributed by atoms with Gasteiger partial charge in [-0.15, -0.1) is 0 Å². The van der Waals surface area contributed by atoms with Gasteiger partial charge in [0.1, 0.15) is 6.17 Å². The molecule has 1 aromatic heterocycles. The number of hydrogen-bond donors (Lipinski definition) is 1. The first kappa shape index (κ1) is 11.2. The molecule has 2 atom stereocenters. The third-order valence-electron chi connectivity index (χ3n) is 3.93. The fourth-order valence-electron chi connectivity index (χ4n) is 2.68.